The van der Waals surface area contributed by atoms with Crippen molar-refractivity contribution in [2.75, 3.05) is 27.3 Å². The Morgan fingerprint density at radius 1 is 1.14 bits per heavy atom. The molecule has 0 N–H and O–H groups in total. The van der Waals surface area contributed by atoms with E-state index in [0.717, 1.165) is 63.2 Å². The molecular formula is C25H34FNO2. The molecule has 3 aliphatic carbocycles. The fraction of sp³-hybridized carbons (Fsp3) is 0.720. The summed E-state index contributed by atoms with van der Waals surface area (Å²) in [7, 11) is 4.22. The summed E-state index contributed by atoms with van der Waals surface area (Å²) in [5.41, 5.74) is 1.05. The van der Waals surface area contributed by atoms with Gasteiger partial charge in [0.05, 0.1) is 13.2 Å². The summed E-state index contributed by atoms with van der Waals surface area (Å²) in [6, 6.07) is 7.12. The van der Waals surface area contributed by atoms with Gasteiger partial charge in [0.25, 0.3) is 0 Å². The molecule has 1 aliphatic heterocycles. The monoisotopic (exact) mass is 399 g/mol. The van der Waals surface area contributed by atoms with Crippen molar-refractivity contribution < 1.29 is 13.9 Å². The van der Waals surface area contributed by atoms with Crippen LogP contribution in [0, 0.1) is 34.9 Å². The van der Waals surface area contributed by atoms with Gasteiger partial charge in [-0.25, -0.2) is 4.39 Å². The second-order valence-electron chi connectivity index (χ2n) is 10.7. The molecule has 4 heteroatoms. The fourth-order valence-corrected chi connectivity index (χ4v) is 6.57. The van der Waals surface area contributed by atoms with E-state index in [1.165, 1.54) is 18.9 Å². The average Bonchev–Trinajstić information content (AvgIpc) is 3.38. The number of carbonyl (C=O) groups excluding carboxylic acids is 1. The molecule has 158 valence electrons. The van der Waals surface area contributed by atoms with Crippen molar-refractivity contribution in [3.8, 4) is 0 Å². The van der Waals surface area contributed by atoms with E-state index in [-0.39, 0.29) is 28.6 Å². The van der Waals surface area contributed by atoms with Crippen LogP contribution >= 0.6 is 0 Å². The highest BCUT2D eigenvalue weighted by Gasteiger charge is 2.65. The Morgan fingerprint density at radius 2 is 1.90 bits per heavy atom. The first-order valence-corrected chi connectivity index (χ1v) is 11.5. The van der Waals surface area contributed by atoms with Crippen LogP contribution in [-0.2, 0) is 15.1 Å². The number of Topliss-reactive ketones (excluding diaryl/α,β-unsaturated/α-hetero) is 1. The number of benzene rings is 1. The van der Waals surface area contributed by atoms with Crippen molar-refractivity contribution in [3.63, 3.8) is 0 Å². The SMILES string of the molecule is CN(C)C1(c2cccc(F)c2)CC2(C[C@H](CCC3COC3)C(=O)[C@@H]2CC2CC2)C1. The summed E-state index contributed by atoms with van der Waals surface area (Å²) in [6.45, 7) is 1.75. The van der Waals surface area contributed by atoms with Crippen LogP contribution in [0.1, 0.15) is 56.9 Å². The molecule has 4 fully saturated rings. The zero-order chi connectivity index (χ0) is 20.2. The van der Waals surface area contributed by atoms with Crippen molar-refractivity contribution in [2.45, 2.75) is 56.9 Å². The first-order valence-electron chi connectivity index (χ1n) is 11.5. The van der Waals surface area contributed by atoms with Gasteiger partial charge in [0, 0.05) is 23.3 Å². The molecule has 3 nitrogen and oxygen atoms in total. The molecule has 2 atom stereocenters. The molecule has 29 heavy (non-hydrogen) atoms. The number of nitrogens with zero attached hydrogens (tertiary/aromatic N) is 1. The summed E-state index contributed by atoms with van der Waals surface area (Å²) >= 11 is 0. The number of hydrogen-bond acceptors (Lipinski definition) is 3. The zero-order valence-electron chi connectivity index (χ0n) is 17.8. The van der Waals surface area contributed by atoms with Crippen molar-refractivity contribution in [1.82, 2.24) is 4.90 Å². The van der Waals surface area contributed by atoms with Gasteiger partial charge in [0.15, 0.2) is 0 Å². The normalized spacial score (nSPS) is 37.2. The molecule has 0 aromatic heterocycles. The van der Waals surface area contributed by atoms with Crippen molar-refractivity contribution >= 4 is 5.78 Å². The van der Waals surface area contributed by atoms with Gasteiger partial charge in [-0.2, -0.15) is 0 Å². The summed E-state index contributed by atoms with van der Waals surface area (Å²) < 4.78 is 19.3. The van der Waals surface area contributed by atoms with E-state index in [1.807, 2.05) is 6.07 Å². The minimum Gasteiger partial charge on any atom is -0.381 e. The second-order valence-corrected chi connectivity index (χ2v) is 10.7. The Morgan fingerprint density at radius 3 is 2.48 bits per heavy atom. The van der Waals surface area contributed by atoms with Crippen LogP contribution in [0.2, 0.25) is 0 Å². The van der Waals surface area contributed by atoms with Gasteiger partial charge in [0.2, 0.25) is 0 Å². The molecule has 3 saturated carbocycles. The molecule has 1 aromatic carbocycles. The van der Waals surface area contributed by atoms with E-state index in [0.29, 0.717) is 11.7 Å². The van der Waals surface area contributed by atoms with E-state index < -0.39 is 0 Å². The predicted octanol–water partition coefficient (Wildman–Crippen LogP) is 4.79. The highest BCUT2D eigenvalue weighted by molar-refractivity contribution is 5.87. The quantitative estimate of drug-likeness (QED) is 0.660. The first-order chi connectivity index (χ1) is 13.9. The molecule has 1 aromatic rings. The molecule has 1 heterocycles. The average molecular weight is 400 g/mol. The highest BCUT2D eigenvalue weighted by Crippen LogP contribution is 2.68. The van der Waals surface area contributed by atoms with Crippen LogP contribution in [0.5, 0.6) is 0 Å². The van der Waals surface area contributed by atoms with Crippen LogP contribution in [0.4, 0.5) is 4.39 Å². The lowest BCUT2D eigenvalue weighted by molar-refractivity contribution is -0.133. The lowest BCUT2D eigenvalue weighted by atomic mass is 9.50. The first kappa shape index (κ1) is 19.7. The van der Waals surface area contributed by atoms with Crippen LogP contribution in [0.3, 0.4) is 0 Å². The third kappa shape index (κ3) is 3.37. The lowest BCUT2D eigenvalue weighted by Gasteiger charge is -2.60. The van der Waals surface area contributed by atoms with E-state index in [1.54, 1.807) is 6.07 Å². The lowest BCUT2D eigenvalue weighted by Crippen LogP contribution is -2.59. The smallest absolute Gasteiger partial charge is 0.139 e. The Balaban J connectivity index is 1.37. The molecule has 4 aliphatic rings. The van der Waals surface area contributed by atoms with Crippen molar-refractivity contribution in [2.24, 2.45) is 29.1 Å². The maximum absolute atomic E-state index is 14.0. The largest absolute Gasteiger partial charge is 0.381 e. The van der Waals surface area contributed by atoms with Crippen LogP contribution in [0.15, 0.2) is 24.3 Å². The minimum atomic E-state index is -0.165. The topological polar surface area (TPSA) is 29.5 Å². The number of ether oxygens (including phenoxy) is 1. The van der Waals surface area contributed by atoms with Crippen LogP contribution in [-0.4, -0.2) is 38.0 Å². The molecule has 0 bridgehead atoms. The summed E-state index contributed by atoms with van der Waals surface area (Å²) in [6.07, 6.45) is 8.87. The zero-order valence-corrected chi connectivity index (χ0v) is 17.8. The third-order valence-electron chi connectivity index (χ3n) is 8.54. The van der Waals surface area contributed by atoms with E-state index in [4.69, 9.17) is 4.74 Å². The summed E-state index contributed by atoms with van der Waals surface area (Å²) in [5, 5.41) is 0. The third-order valence-corrected chi connectivity index (χ3v) is 8.54. The summed E-state index contributed by atoms with van der Waals surface area (Å²) in [4.78, 5) is 15.7. The number of halogens is 1. The van der Waals surface area contributed by atoms with Crippen molar-refractivity contribution in [3.05, 3.63) is 35.6 Å². The molecule has 0 unspecified atom stereocenters. The maximum Gasteiger partial charge on any atom is 0.139 e. The van der Waals surface area contributed by atoms with Gasteiger partial charge in [0.1, 0.15) is 11.6 Å². The van der Waals surface area contributed by atoms with Gasteiger partial charge >= 0.3 is 0 Å². The number of rotatable bonds is 7. The van der Waals surface area contributed by atoms with E-state index >= 15 is 0 Å². The van der Waals surface area contributed by atoms with Gasteiger partial charge in [-0.15, -0.1) is 0 Å². The molecular weight excluding hydrogens is 365 g/mol. The number of hydrogen-bond donors (Lipinski definition) is 0. The van der Waals surface area contributed by atoms with Gasteiger partial charge in [-0.05, 0) is 81.6 Å². The standard InChI is InChI=1S/C25H34FNO2/c1-27(2)25(20-4-3-5-21(26)11-20)15-24(16-25)12-19(9-8-18-13-29-14-18)23(28)22(24)10-17-6-7-17/h3-5,11,17-19,22H,6-10,12-16H2,1-2H3/t19-,22-,24?,25?/m0/s1. The van der Waals surface area contributed by atoms with Crippen LogP contribution < -0.4 is 0 Å². The Kier molecular flexibility index (Phi) is 4.86. The minimum absolute atomic E-state index is 0.122. The maximum atomic E-state index is 14.0. The highest BCUT2D eigenvalue weighted by atomic mass is 19.1. The van der Waals surface area contributed by atoms with Crippen molar-refractivity contribution in [1.29, 1.82) is 0 Å². The molecule has 5 rings (SSSR count). The van der Waals surface area contributed by atoms with Gasteiger partial charge < -0.3 is 4.74 Å². The molecule has 0 radical (unpaired) electrons. The second kappa shape index (κ2) is 7.16. The Labute approximate surface area is 174 Å². The van der Waals surface area contributed by atoms with Crippen LogP contribution in [0.25, 0.3) is 0 Å². The molecule has 1 saturated heterocycles. The van der Waals surface area contributed by atoms with E-state index in [9.17, 15) is 9.18 Å². The Bertz CT molecular complexity index is 777. The fourth-order valence-electron chi connectivity index (χ4n) is 6.57. The summed E-state index contributed by atoms with van der Waals surface area (Å²) in [5.74, 6) is 2.26. The van der Waals surface area contributed by atoms with Gasteiger partial charge in [-0.1, -0.05) is 25.0 Å². The molecule has 1 spiro atoms. The number of carbonyl (C=O) groups is 1. The van der Waals surface area contributed by atoms with E-state index in [2.05, 4.69) is 25.1 Å². The number of ketones is 1. The molecule has 0 amide bonds. The van der Waals surface area contributed by atoms with Gasteiger partial charge in [-0.3, -0.25) is 9.69 Å². The predicted molar refractivity (Wildman–Crippen MR) is 111 cm³/mol. The Hall–Kier alpha value is -1.26.